The normalized spacial score (nSPS) is 20.8. The Labute approximate surface area is 171 Å². The molecule has 2 aromatic carbocycles. The summed E-state index contributed by atoms with van der Waals surface area (Å²) in [5.74, 6) is 0.553. The summed E-state index contributed by atoms with van der Waals surface area (Å²) in [6.07, 6.45) is 3.64. The Hall–Kier alpha value is -1.60. The zero-order chi connectivity index (χ0) is 20.2. The van der Waals surface area contributed by atoms with Gasteiger partial charge in [0.05, 0.1) is 4.90 Å². The summed E-state index contributed by atoms with van der Waals surface area (Å²) in [5, 5.41) is 11.7. The largest absolute Gasteiger partial charge is 0.491 e. The van der Waals surface area contributed by atoms with E-state index >= 15 is 0 Å². The number of likely N-dealkylation sites (tertiary alicyclic amines) is 1. The molecule has 3 rings (SSSR count). The van der Waals surface area contributed by atoms with Gasteiger partial charge >= 0.3 is 0 Å². The van der Waals surface area contributed by atoms with Crippen molar-refractivity contribution in [2.45, 2.75) is 29.8 Å². The van der Waals surface area contributed by atoms with Gasteiger partial charge in [-0.05, 0) is 67.8 Å². The zero-order valence-corrected chi connectivity index (χ0v) is 17.5. The molecular weight excluding hydrogens is 398 g/mol. The first-order valence-corrected chi connectivity index (χ1v) is 11.6. The van der Waals surface area contributed by atoms with Gasteiger partial charge in [0.2, 0.25) is 0 Å². The van der Waals surface area contributed by atoms with Crippen molar-refractivity contribution in [2.24, 2.45) is 0 Å². The number of hydrogen-bond acceptors (Lipinski definition) is 5. The minimum Gasteiger partial charge on any atom is -0.491 e. The average Bonchev–Trinajstić information content (AvgIpc) is 2.65. The number of hydrogen-bond donors (Lipinski definition) is 1. The van der Waals surface area contributed by atoms with E-state index in [0.717, 1.165) is 31.0 Å². The van der Waals surface area contributed by atoms with Crippen molar-refractivity contribution in [2.75, 3.05) is 32.5 Å². The van der Waals surface area contributed by atoms with Crippen LogP contribution in [0.4, 0.5) is 0 Å². The second-order valence-corrected chi connectivity index (χ2v) is 9.97. The van der Waals surface area contributed by atoms with Gasteiger partial charge in [-0.3, -0.25) is 0 Å². The fraction of sp³-hybridized carbons (Fsp3) is 0.429. The summed E-state index contributed by atoms with van der Waals surface area (Å²) < 4.78 is 28.8. The molecule has 1 atom stereocenters. The van der Waals surface area contributed by atoms with Gasteiger partial charge < -0.3 is 14.7 Å². The van der Waals surface area contributed by atoms with E-state index in [1.165, 1.54) is 24.0 Å². The smallest absolute Gasteiger partial charge is 0.175 e. The predicted octanol–water partition coefficient (Wildman–Crippen LogP) is 3.19. The van der Waals surface area contributed by atoms with Gasteiger partial charge in [-0.2, -0.15) is 0 Å². The molecule has 0 aliphatic carbocycles. The Bertz CT molecular complexity index is 901. The lowest BCUT2D eigenvalue weighted by Crippen LogP contribution is -2.52. The topological polar surface area (TPSA) is 66.8 Å². The molecule has 2 aromatic rings. The molecule has 1 N–H and O–H groups in total. The molecule has 1 fully saturated rings. The van der Waals surface area contributed by atoms with E-state index in [4.69, 9.17) is 16.3 Å². The highest BCUT2D eigenvalue weighted by Crippen LogP contribution is 2.24. The van der Waals surface area contributed by atoms with Crippen LogP contribution in [0, 0.1) is 0 Å². The molecule has 1 aliphatic rings. The number of nitrogens with zero attached hydrogens (tertiary/aromatic N) is 1. The Morgan fingerprint density at radius 2 is 1.96 bits per heavy atom. The fourth-order valence-corrected chi connectivity index (χ4v) is 4.34. The van der Waals surface area contributed by atoms with Crippen molar-refractivity contribution in [3.05, 3.63) is 59.1 Å². The quantitative estimate of drug-likeness (QED) is 0.740. The minimum atomic E-state index is -3.23. The van der Waals surface area contributed by atoms with Gasteiger partial charge in [0.1, 0.15) is 18.0 Å². The van der Waals surface area contributed by atoms with Crippen molar-refractivity contribution in [1.82, 2.24) is 4.90 Å². The van der Waals surface area contributed by atoms with Gasteiger partial charge in [0.15, 0.2) is 9.84 Å². The predicted molar refractivity (Wildman–Crippen MR) is 111 cm³/mol. The van der Waals surface area contributed by atoms with E-state index in [2.05, 4.69) is 11.0 Å². The Morgan fingerprint density at radius 1 is 1.21 bits per heavy atom. The number of β-amino-alcohol motifs (C(OH)–C–C–N with tert-alkyl or cyclic N) is 1. The van der Waals surface area contributed by atoms with Crippen molar-refractivity contribution in [3.8, 4) is 5.75 Å². The Balaban J connectivity index is 1.53. The van der Waals surface area contributed by atoms with E-state index in [1.54, 1.807) is 12.1 Å². The maximum Gasteiger partial charge on any atom is 0.175 e. The maximum absolute atomic E-state index is 11.5. The molecule has 152 valence electrons. The molecule has 0 aromatic heterocycles. The standard InChI is InChI=1S/C21H26ClNO4S/c1-28(25,26)20-8-6-19(7-9-20)27-16-21(24)11-3-12-23(15-21)13-10-17-4-2-5-18(22)14-17/h2,4-9,14,24H,3,10-13,15-16H2,1H3. The van der Waals surface area contributed by atoms with Crippen LogP contribution in [0.2, 0.25) is 5.02 Å². The first kappa shape index (κ1) is 21.1. The summed E-state index contributed by atoms with van der Waals surface area (Å²) in [4.78, 5) is 2.50. The number of ether oxygens (including phenoxy) is 1. The number of benzene rings is 2. The van der Waals surface area contributed by atoms with Crippen molar-refractivity contribution < 1.29 is 18.3 Å². The molecule has 1 heterocycles. The third-order valence-electron chi connectivity index (χ3n) is 5.00. The van der Waals surface area contributed by atoms with Crippen LogP contribution in [0.3, 0.4) is 0 Å². The SMILES string of the molecule is CS(=O)(=O)c1ccc(OCC2(O)CCCN(CCc3cccc(Cl)c3)C2)cc1. The highest BCUT2D eigenvalue weighted by Gasteiger charge is 2.34. The number of halogens is 1. The Morgan fingerprint density at radius 3 is 2.64 bits per heavy atom. The maximum atomic E-state index is 11.5. The molecule has 0 saturated carbocycles. The summed E-state index contributed by atoms with van der Waals surface area (Å²) in [7, 11) is -3.23. The lowest BCUT2D eigenvalue weighted by molar-refractivity contribution is -0.0598. The van der Waals surface area contributed by atoms with Crippen molar-refractivity contribution >= 4 is 21.4 Å². The van der Waals surface area contributed by atoms with Gasteiger partial charge in [-0.1, -0.05) is 23.7 Å². The van der Waals surface area contributed by atoms with Gasteiger partial charge in [-0.25, -0.2) is 8.42 Å². The van der Waals surface area contributed by atoms with Crippen molar-refractivity contribution in [1.29, 1.82) is 0 Å². The lowest BCUT2D eigenvalue weighted by atomic mass is 9.93. The molecular formula is C21H26ClNO4S. The molecule has 5 nitrogen and oxygen atoms in total. The number of piperidine rings is 1. The molecule has 1 unspecified atom stereocenters. The average molecular weight is 424 g/mol. The lowest BCUT2D eigenvalue weighted by Gasteiger charge is -2.39. The van der Waals surface area contributed by atoms with E-state index in [0.29, 0.717) is 18.7 Å². The highest BCUT2D eigenvalue weighted by molar-refractivity contribution is 7.90. The number of sulfone groups is 1. The number of rotatable bonds is 7. The van der Waals surface area contributed by atoms with E-state index in [-0.39, 0.29) is 11.5 Å². The second kappa shape index (κ2) is 8.82. The molecule has 0 bridgehead atoms. The van der Waals surface area contributed by atoms with Crippen LogP contribution in [0.5, 0.6) is 5.75 Å². The molecule has 0 radical (unpaired) electrons. The second-order valence-electron chi connectivity index (χ2n) is 7.52. The molecule has 0 spiro atoms. The molecule has 1 saturated heterocycles. The summed E-state index contributed by atoms with van der Waals surface area (Å²) in [6.45, 7) is 2.53. The summed E-state index contributed by atoms with van der Waals surface area (Å²) in [5.41, 5.74) is 0.270. The molecule has 7 heteroatoms. The van der Waals surface area contributed by atoms with Crippen LogP contribution in [0.25, 0.3) is 0 Å². The van der Waals surface area contributed by atoms with Crippen LogP contribution in [0.15, 0.2) is 53.4 Å². The van der Waals surface area contributed by atoms with E-state index in [9.17, 15) is 13.5 Å². The first-order valence-electron chi connectivity index (χ1n) is 9.36. The van der Waals surface area contributed by atoms with Crippen LogP contribution >= 0.6 is 11.6 Å². The summed E-state index contributed by atoms with van der Waals surface area (Å²) >= 11 is 6.04. The molecule has 28 heavy (non-hydrogen) atoms. The van der Waals surface area contributed by atoms with Gasteiger partial charge in [0.25, 0.3) is 0 Å². The third kappa shape index (κ3) is 5.95. The monoisotopic (exact) mass is 423 g/mol. The van der Waals surface area contributed by atoms with Crippen LogP contribution in [0.1, 0.15) is 18.4 Å². The van der Waals surface area contributed by atoms with Crippen LogP contribution in [-0.4, -0.2) is 56.5 Å². The van der Waals surface area contributed by atoms with E-state index in [1.807, 2.05) is 18.2 Å². The van der Waals surface area contributed by atoms with E-state index < -0.39 is 15.4 Å². The summed E-state index contributed by atoms with van der Waals surface area (Å²) in [6, 6.07) is 14.1. The van der Waals surface area contributed by atoms with Gasteiger partial charge in [-0.15, -0.1) is 0 Å². The highest BCUT2D eigenvalue weighted by atomic mass is 35.5. The van der Waals surface area contributed by atoms with Gasteiger partial charge in [0, 0.05) is 24.4 Å². The van der Waals surface area contributed by atoms with Crippen molar-refractivity contribution in [3.63, 3.8) is 0 Å². The Kier molecular flexibility index (Phi) is 6.65. The third-order valence-corrected chi connectivity index (χ3v) is 6.36. The zero-order valence-electron chi connectivity index (χ0n) is 16.0. The first-order chi connectivity index (χ1) is 13.2. The minimum absolute atomic E-state index is 0.179. The molecule has 0 amide bonds. The molecule has 1 aliphatic heterocycles. The van der Waals surface area contributed by atoms with Crippen LogP contribution < -0.4 is 4.74 Å². The number of aliphatic hydroxyl groups is 1. The van der Waals surface area contributed by atoms with Crippen LogP contribution in [-0.2, 0) is 16.3 Å². The fourth-order valence-electron chi connectivity index (χ4n) is 3.50.